The van der Waals surface area contributed by atoms with Gasteiger partial charge in [0.05, 0.1) is 59.5 Å². The molecule has 0 aromatic rings. The molecule has 0 aliphatic carbocycles. The molecule has 7 aliphatic heterocycles. The van der Waals surface area contributed by atoms with E-state index in [2.05, 4.69) is 0 Å². The summed E-state index contributed by atoms with van der Waals surface area (Å²) in [6, 6.07) is 0. The van der Waals surface area contributed by atoms with Gasteiger partial charge in [-0.2, -0.15) is 0 Å². The smallest absolute Gasteiger partial charge is 0.187 e. The fraction of sp³-hybridized carbons (Fsp3) is 1.00. The van der Waals surface area contributed by atoms with Crippen molar-refractivity contribution in [2.45, 2.75) is 247 Å². The number of rotatable bonds is 26. The summed E-state index contributed by atoms with van der Waals surface area (Å²) in [4.78, 5) is 11.0. The summed E-state index contributed by atoms with van der Waals surface area (Å²) >= 11 is 49.3. The van der Waals surface area contributed by atoms with Crippen LogP contribution in [0.1, 0.15) is 13.8 Å². The minimum Gasteiger partial charge on any atom is -0.391 e. The second-order valence-corrected chi connectivity index (χ2v) is 24.8. The van der Waals surface area contributed by atoms with Gasteiger partial charge in [-0.25, -0.2) is 9.78 Å². The highest BCUT2D eigenvalue weighted by molar-refractivity contribution is 6.19. The minimum atomic E-state index is -2.16. The number of ether oxygens (including phenoxy) is 13. The SMILES string of the molecule is CC(O)C(O)C(OC1OC(CCl)C(OC2OC(CCl)C(OC3OC(CCl)C(OC4OC(CCl)C(OC5OC(CCl)C(C)C(O)C5O)C(O)C4O)C(O)C3O)C(O)C2O)C(O)C1O)C(CCl)OOC1C(CCl)OC(OC2C(CCl)OC(O)C(O)C2O)C(O)C1O. The van der Waals surface area contributed by atoms with Gasteiger partial charge in [0.25, 0.3) is 0 Å². The van der Waals surface area contributed by atoms with E-state index in [0.717, 1.165) is 6.92 Å². The van der Waals surface area contributed by atoms with Crippen LogP contribution in [-0.4, -0.2) is 367 Å². The van der Waals surface area contributed by atoms with Crippen LogP contribution in [-0.2, 0) is 71.4 Å². The average Bonchev–Trinajstić information content (AvgIpc) is 1.58. The molecule has 0 aromatic carbocycles. The van der Waals surface area contributed by atoms with Crippen LogP contribution in [0.2, 0.25) is 0 Å². The third-order valence-electron chi connectivity index (χ3n) is 16.4. The van der Waals surface area contributed by atoms with Crippen molar-refractivity contribution in [3.63, 3.8) is 0 Å². The van der Waals surface area contributed by atoms with Crippen molar-refractivity contribution in [1.29, 1.82) is 0 Å². The van der Waals surface area contributed by atoms with E-state index in [9.17, 15) is 86.8 Å². The first-order chi connectivity index (χ1) is 42.2. The van der Waals surface area contributed by atoms with Crippen LogP contribution in [0, 0.1) is 5.92 Å². The molecule has 0 bridgehead atoms. The van der Waals surface area contributed by atoms with Crippen molar-refractivity contribution >= 4 is 92.8 Å². The highest BCUT2D eigenvalue weighted by Gasteiger charge is 2.58. The molecule has 0 saturated carbocycles. The van der Waals surface area contributed by atoms with Crippen LogP contribution >= 0.6 is 92.8 Å². The number of aliphatic hydroxyl groups excluding tert-OH is 17. The predicted molar refractivity (Wildman–Crippen MR) is 299 cm³/mol. The quantitative estimate of drug-likeness (QED) is 0.0217. The topological polar surface area (TPSA) is 482 Å². The summed E-state index contributed by atoms with van der Waals surface area (Å²) in [5.74, 6) is -4.22. The number of hydrogen-bond acceptors (Lipinski definition) is 32. The maximum atomic E-state index is 11.6. The Hall–Kier alpha value is 1.04. The van der Waals surface area contributed by atoms with E-state index < -0.39 is 274 Å². The summed E-state index contributed by atoms with van der Waals surface area (Å²) < 4.78 is 75.1. The molecule has 7 heterocycles. The largest absolute Gasteiger partial charge is 0.391 e. The normalized spacial score (nSPS) is 49.9. The third-order valence-corrected chi connectivity index (χ3v) is 18.8. The second-order valence-electron chi connectivity index (χ2n) is 22.3. The maximum Gasteiger partial charge on any atom is 0.187 e. The summed E-state index contributed by atoms with van der Waals surface area (Å²) in [6.07, 6.45) is -65.9. The summed E-state index contributed by atoms with van der Waals surface area (Å²) in [5.41, 5.74) is 0. The lowest BCUT2D eigenvalue weighted by Gasteiger charge is -2.49. The number of aliphatic hydroxyl groups is 17. The molecule has 32 nitrogen and oxygen atoms in total. The van der Waals surface area contributed by atoms with Gasteiger partial charge in [-0.3, -0.25) is 0 Å². The van der Waals surface area contributed by atoms with E-state index in [0.29, 0.717) is 0 Å². The molecule has 7 fully saturated rings. The van der Waals surface area contributed by atoms with Crippen molar-refractivity contribution in [2.24, 2.45) is 5.92 Å². The van der Waals surface area contributed by atoms with Crippen molar-refractivity contribution in [1.82, 2.24) is 0 Å². The number of alkyl halides is 8. The highest BCUT2D eigenvalue weighted by atomic mass is 35.5. The maximum absolute atomic E-state index is 11.6. The zero-order valence-corrected chi connectivity index (χ0v) is 53.0. The number of hydrogen-bond donors (Lipinski definition) is 17. The van der Waals surface area contributed by atoms with Gasteiger partial charge in [0, 0.05) is 11.8 Å². The molecule has 0 spiro atoms. The van der Waals surface area contributed by atoms with E-state index in [4.69, 9.17) is 164 Å². The monoisotopic (exact) mass is 1460 g/mol. The van der Waals surface area contributed by atoms with Crippen molar-refractivity contribution in [2.75, 3.05) is 47.0 Å². The highest BCUT2D eigenvalue weighted by Crippen LogP contribution is 2.39. The molecule has 0 radical (unpaired) electrons. The van der Waals surface area contributed by atoms with Crippen LogP contribution in [0.4, 0.5) is 0 Å². The fourth-order valence-corrected chi connectivity index (χ4v) is 13.0. The Balaban J connectivity index is 0.955. The Morgan fingerprint density at radius 1 is 0.337 bits per heavy atom. The lowest BCUT2D eigenvalue weighted by atomic mass is 9.91. The minimum absolute atomic E-state index is 0.0876. The molecule has 7 aliphatic rings. The van der Waals surface area contributed by atoms with Gasteiger partial charge < -0.3 is 148 Å². The zero-order valence-electron chi connectivity index (χ0n) is 46.9. The van der Waals surface area contributed by atoms with Gasteiger partial charge in [0.1, 0.15) is 171 Å². The predicted octanol–water partition coefficient (Wildman–Crippen LogP) is -6.61. The van der Waals surface area contributed by atoms with Crippen LogP contribution in [0.25, 0.3) is 0 Å². The van der Waals surface area contributed by atoms with Crippen LogP contribution in [0.5, 0.6) is 0 Å². The molecule has 89 heavy (non-hydrogen) atoms. The molecule has 17 N–H and O–H groups in total. The molecule has 40 heteroatoms. The van der Waals surface area contributed by atoms with E-state index in [1.807, 2.05) is 0 Å². The van der Waals surface area contributed by atoms with Gasteiger partial charge >= 0.3 is 0 Å². The molecule has 522 valence electrons. The lowest BCUT2D eigenvalue weighted by molar-refractivity contribution is -0.425. The molecule has 7 saturated heterocycles. The van der Waals surface area contributed by atoms with Gasteiger partial charge in [0.15, 0.2) is 44.0 Å². The van der Waals surface area contributed by atoms with Crippen molar-refractivity contribution < 1.29 is 158 Å². The summed E-state index contributed by atoms with van der Waals surface area (Å²) in [7, 11) is 0. The Kier molecular flexibility index (Phi) is 30.2. The van der Waals surface area contributed by atoms with E-state index in [1.54, 1.807) is 6.92 Å². The van der Waals surface area contributed by atoms with Crippen molar-refractivity contribution in [3.05, 3.63) is 0 Å². The second kappa shape index (κ2) is 34.7. The standard InChI is InChI=1S/C49H78Cl8O32/c1-11-13(3-50)76-44(30(68)21(11)59)83-37-15(5-52)77-45(31(69)24(37)62)84-38-16(6-53)78-46(32(70)25(38)63)85-39-17(7-54)79-47(33(71)26(39)64)86-40-18(8-55)80-48(34(72)27(40)65)87-41(22(60)12(2)58)20(10-57)88-89-42-19(9-56)81-49(35(73)28(42)66)82-36-14(4-51)75-43(74)29(67)23(36)61/h11-49,58-74H,3-10H2,1-2H3. The van der Waals surface area contributed by atoms with Gasteiger partial charge in [0.2, 0.25) is 0 Å². The fourth-order valence-electron chi connectivity index (χ4n) is 11.0. The van der Waals surface area contributed by atoms with E-state index >= 15 is 0 Å². The average molecular weight is 1460 g/mol. The Morgan fingerprint density at radius 2 is 0.607 bits per heavy atom. The first-order valence-electron chi connectivity index (χ1n) is 28.0. The Morgan fingerprint density at radius 3 is 0.933 bits per heavy atom. The molecule has 7 rings (SSSR count). The Bertz CT molecular complexity index is 2100. The molecule has 39 unspecified atom stereocenters. The van der Waals surface area contributed by atoms with Gasteiger partial charge in [-0.05, 0) is 6.92 Å². The summed E-state index contributed by atoms with van der Waals surface area (Å²) in [5, 5.41) is 187. The van der Waals surface area contributed by atoms with Crippen molar-refractivity contribution in [3.8, 4) is 0 Å². The molecular formula is C49H78Cl8O32. The molecule has 0 amide bonds. The lowest BCUT2D eigenvalue weighted by Crippen LogP contribution is -2.67. The van der Waals surface area contributed by atoms with Crippen LogP contribution < -0.4 is 0 Å². The van der Waals surface area contributed by atoms with Gasteiger partial charge in [-0.1, -0.05) is 6.92 Å². The number of halogens is 8. The van der Waals surface area contributed by atoms with E-state index in [-0.39, 0.29) is 11.8 Å². The third kappa shape index (κ3) is 17.2. The van der Waals surface area contributed by atoms with E-state index in [1.165, 1.54) is 0 Å². The first-order valence-corrected chi connectivity index (χ1v) is 32.3. The zero-order chi connectivity index (χ0) is 65.8. The summed E-state index contributed by atoms with van der Waals surface area (Å²) in [6.45, 7) is 2.72. The molecule has 39 atom stereocenters. The molecular weight excluding hydrogens is 1380 g/mol. The van der Waals surface area contributed by atoms with Crippen LogP contribution in [0.15, 0.2) is 0 Å². The molecule has 0 aromatic heterocycles. The van der Waals surface area contributed by atoms with Gasteiger partial charge in [-0.15, -0.1) is 92.8 Å². The Labute approximate surface area is 548 Å². The van der Waals surface area contributed by atoms with Crippen LogP contribution in [0.3, 0.4) is 0 Å². The first kappa shape index (κ1) is 77.4.